The summed E-state index contributed by atoms with van der Waals surface area (Å²) in [4.78, 5) is 14.0. The summed E-state index contributed by atoms with van der Waals surface area (Å²) < 4.78 is 1.18. The average molecular weight is 394 g/mol. The van der Waals surface area contributed by atoms with E-state index in [2.05, 4.69) is 68.0 Å². The molecule has 4 heterocycles. The second-order valence-electron chi connectivity index (χ2n) is 7.31. The van der Waals surface area contributed by atoms with Gasteiger partial charge in [0.15, 0.2) is 5.13 Å². The Morgan fingerprint density at radius 2 is 2.04 bits per heavy atom. The number of aromatic nitrogens is 2. The Labute approximate surface area is 168 Å². The van der Waals surface area contributed by atoms with Crippen molar-refractivity contribution in [3.63, 3.8) is 0 Å². The number of anilines is 3. The summed E-state index contributed by atoms with van der Waals surface area (Å²) in [5.41, 5.74) is 6.51. The highest BCUT2D eigenvalue weighted by molar-refractivity contribution is 7.22. The van der Waals surface area contributed by atoms with Gasteiger partial charge in [-0.15, -0.1) is 0 Å². The molecular formula is C20H23N7S. The number of pyridine rings is 1. The first-order valence-corrected chi connectivity index (χ1v) is 10.4. The lowest BCUT2D eigenvalue weighted by Crippen LogP contribution is -2.44. The second kappa shape index (κ2) is 7.37. The van der Waals surface area contributed by atoms with Gasteiger partial charge in [0.25, 0.3) is 0 Å². The summed E-state index contributed by atoms with van der Waals surface area (Å²) in [5.74, 6) is 1.17. The van der Waals surface area contributed by atoms with E-state index in [1.807, 2.05) is 12.4 Å². The predicted molar refractivity (Wildman–Crippen MR) is 116 cm³/mol. The summed E-state index contributed by atoms with van der Waals surface area (Å²) in [5, 5.41) is 8.38. The van der Waals surface area contributed by atoms with Crippen LogP contribution in [0, 0.1) is 0 Å². The molecule has 0 aliphatic carbocycles. The highest BCUT2D eigenvalue weighted by Crippen LogP contribution is 2.31. The van der Waals surface area contributed by atoms with Gasteiger partial charge < -0.3 is 20.5 Å². The molecular weight excluding hydrogens is 370 g/mol. The Bertz CT molecular complexity index is 1010. The zero-order valence-corrected chi connectivity index (χ0v) is 16.6. The maximum absolute atomic E-state index is 4.73. The van der Waals surface area contributed by atoms with Crippen molar-refractivity contribution in [2.75, 3.05) is 50.0 Å². The van der Waals surface area contributed by atoms with E-state index in [0.717, 1.165) is 49.2 Å². The summed E-state index contributed by atoms with van der Waals surface area (Å²) in [6.45, 7) is 5.13. The zero-order valence-electron chi connectivity index (χ0n) is 15.8. The van der Waals surface area contributed by atoms with Crippen LogP contribution in [-0.2, 0) is 0 Å². The van der Waals surface area contributed by atoms with Gasteiger partial charge in [-0.3, -0.25) is 0 Å². The molecule has 1 fully saturated rings. The fraction of sp³-hybridized carbons (Fsp3) is 0.350. The van der Waals surface area contributed by atoms with Crippen LogP contribution in [-0.4, -0.2) is 60.9 Å². The topological polar surface area (TPSA) is 68.7 Å². The Hall–Kier alpha value is -2.71. The molecule has 28 heavy (non-hydrogen) atoms. The lowest BCUT2D eigenvalue weighted by molar-refractivity contribution is 0.313. The molecule has 144 valence electrons. The quantitative estimate of drug-likeness (QED) is 0.710. The van der Waals surface area contributed by atoms with Crippen LogP contribution in [0.4, 0.5) is 16.6 Å². The number of hydrogen-bond donors (Lipinski definition) is 2. The number of nitrogens with one attached hydrogen (secondary N) is 2. The first kappa shape index (κ1) is 17.4. The molecule has 5 rings (SSSR count). The molecule has 2 N–H and O–H groups in total. The van der Waals surface area contributed by atoms with Crippen LogP contribution in [0.1, 0.15) is 11.5 Å². The minimum atomic E-state index is 0.338. The van der Waals surface area contributed by atoms with Crippen molar-refractivity contribution in [3.8, 4) is 0 Å². The van der Waals surface area contributed by atoms with Crippen molar-refractivity contribution in [2.45, 2.75) is 5.92 Å². The second-order valence-corrected chi connectivity index (χ2v) is 8.34. The molecule has 0 amide bonds. The largest absolute Gasteiger partial charge is 0.369 e. The lowest BCUT2D eigenvalue weighted by atomic mass is 10.0. The molecule has 1 unspecified atom stereocenters. The fourth-order valence-electron chi connectivity index (χ4n) is 3.63. The summed E-state index contributed by atoms with van der Waals surface area (Å²) in [7, 11) is 2.17. The Kier molecular flexibility index (Phi) is 4.58. The van der Waals surface area contributed by atoms with E-state index in [9.17, 15) is 0 Å². The number of likely N-dealkylation sites (N-methyl/N-ethyl adjacent to an activating group) is 1. The summed E-state index contributed by atoms with van der Waals surface area (Å²) >= 11 is 1.66. The van der Waals surface area contributed by atoms with Gasteiger partial charge in [0.1, 0.15) is 5.82 Å². The van der Waals surface area contributed by atoms with E-state index in [0.29, 0.717) is 5.92 Å². The van der Waals surface area contributed by atoms with Gasteiger partial charge in [-0.25, -0.2) is 9.97 Å². The van der Waals surface area contributed by atoms with Crippen molar-refractivity contribution in [2.24, 2.45) is 5.10 Å². The van der Waals surface area contributed by atoms with Crippen LogP contribution in [0.3, 0.4) is 0 Å². The van der Waals surface area contributed by atoms with E-state index < -0.39 is 0 Å². The van der Waals surface area contributed by atoms with Crippen molar-refractivity contribution >= 4 is 44.4 Å². The molecule has 7 nitrogen and oxygen atoms in total. The van der Waals surface area contributed by atoms with Crippen LogP contribution >= 0.6 is 11.3 Å². The fourth-order valence-corrected chi connectivity index (χ4v) is 4.56. The molecule has 3 aromatic rings. The average Bonchev–Trinajstić information content (AvgIpc) is 3.37. The van der Waals surface area contributed by atoms with Gasteiger partial charge >= 0.3 is 0 Å². The molecule has 0 spiro atoms. The van der Waals surface area contributed by atoms with Crippen molar-refractivity contribution < 1.29 is 0 Å². The van der Waals surface area contributed by atoms with Gasteiger partial charge in [-0.05, 0) is 30.8 Å². The number of thiazole rings is 1. The number of nitrogens with zero attached hydrogens (tertiary/aromatic N) is 5. The standard InChI is InChI=1S/C20H23N7S/c1-26-6-8-27(9-7-26)16-4-5-21-19(11-16)25-20-24-17-3-2-14(10-18(17)28-20)15-12-22-23-13-15/h2-5,10-12,15,23H,6-9,13H2,1H3,(H,21,24,25). The summed E-state index contributed by atoms with van der Waals surface area (Å²) in [6.07, 6.45) is 3.84. The van der Waals surface area contributed by atoms with Gasteiger partial charge in [0, 0.05) is 62.8 Å². The molecule has 1 atom stereocenters. The van der Waals surface area contributed by atoms with Crippen LogP contribution < -0.4 is 15.6 Å². The molecule has 0 radical (unpaired) electrons. The van der Waals surface area contributed by atoms with Crippen LogP contribution in [0.15, 0.2) is 41.6 Å². The monoisotopic (exact) mass is 393 g/mol. The Morgan fingerprint density at radius 1 is 1.14 bits per heavy atom. The predicted octanol–water partition coefficient (Wildman–Crippen LogP) is 2.86. The van der Waals surface area contributed by atoms with E-state index >= 15 is 0 Å². The first-order chi connectivity index (χ1) is 13.7. The number of benzene rings is 1. The number of rotatable bonds is 4. The molecule has 2 aliphatic rings. The molecule has 0 bridgehead atoms. The molecule has 1 aromatic carbocycles. The highest BCUT2D eigenvalue weighted by Gasteiger charge is 2.16. The first-order valence-electron chi connectivity index (χ1n) is 9.58. The van der Waals surface area contributed by atoms with Gasteiger partial charge in [0.05, 0.1) is 10.2 Å². The van der Waals surface area contributed by atoms with Gasteiger partial charge in [-0.2, -0.15) is 5.10 Å². The molecule has 8 heteroatoms. The van der Waals surface area contributed by atoms with Crippen LogP contribution in [0.2, 0.25) is 0 Å². The molecule has 0 saturated carbocycles. The third-order valence-electron chi connectivity index (χ3n) is 5.34. The van der Waals surface area contributed by atoms with Crippen LogP contribution in [0.5, 0.6) is 0 Å². The molecule has 2 aliphatic heterocycles. The normalized spacial score (nSPS) is 19.9. The lowest BCUT2D eigenvalue weighted by Gasteiger charge is -2.34. The Balaban J connectivity index is 1.35. The molecule has 2 aromatic heterocycles. The maximum Gasteiger partial charge on any atom is 0.189 e. The third-order valence-corrected chi connectivity index (χ3v) is 6.28. The Morgan fingerprint density at radius 3 is 2.86 bits per heavy atom. The number of fused-ring (bicyclic) bond motifs is 1. The SMILES string of the molecule is CN1CCN(c2ccnc(Nc3nc4ccc(C5C=NNC5)cc4s3)c2)CC1. The van der Waals surface area contributed by atoms with E-state index in [4.69, 9.17) is 4.98 Å². The van der Waals surface area contributed by atoms with E-state index in [1.54, 1.807) is 11.3 Å². The van der Waals surface area contributed by atoms with Gasteiger partial charge in [0.2, 0.25) is 0 Å². The van der Waals surface area contributed by atoms with Crippen molar-refractivity contribution in [1.82, 2.24) is 20.3 Å². The van der Waals surface area contributed by atoms with Gasteiger partial charge in [-0.1, -0.05) is 17.4 Å². The minimum absolute atomic E-state index is 0.338. The highest BCUT2D eigenvalue weighted by atomic mass is 32.1. The summed E-state index contributed by atoms with van der Waals surface area (Å²) in [6, 6.07) is 10.6. The van der Waals surface area contributed by atoms with Crippen LogP contribution in [0.25, 0.3) is 10.2 Å². The number of piperazine rings is 1. The minimum Gasteiger partial charge on any atom is -0.369 e. The number of hydrazone groups is 1. The molecule has 1 saturated heterocycles. The maximum atomic E-state index is 4.73. The van der Waals surface area contributed by atoms with Crippen molar-refractivity contribution in [1.29, 1.82) is 0 Å². The zero-order chi connectivity index (χ0) is 18.9. The third kappa shape index (κ3) is 3.53. The van der Waals surface area contributed by atoms with E-state index in [-0.39, 0.29) is 0 Å². The number of hydrogen-bond acceptors (Lipinski definition) is 8. The van der Waals surface area contributed by atoms with E-state index in [1.165, 1.54) is 16.0 Å². The van der Waals surface area contributed by atoms with Crippen molar-refractivity contribution in [3.05, 3.63) is 42.1 Å². The smallest absolute Gasteiger partial charge is 0.189 e.